The van der Waals surface area contributed by atoms with Gasteiger partial charge in [0.05, 0.1) is 0 Å². The summed E-state index contributed by atoms with van der Waals surface area (Å²) in [6.45, 7) is 5.32. The molecule has 0 aliphatic heterocycles. The van der Waals surface area contributed by atoms with Crippen LogP contribution in [0.25, 0.3) is 0 Å². The summed E-state index contributed by atoms with van der Waals surface area (Å²) in [6, 6.07) is 4.11. The van der Waals surface area contributed by atoms with Gasteiger partial charge in [0.1, 0.15) is 0 Å². The zero-order valence-corrected chi connectivity index (χ0v) is 21.2. The van der Waals surface area contributed by atoms with Gasteiger partial charge in [0.25, 0.3) is 5.95 Å². The molecule has 13 heteroatoms. The highest BCUT2D eigenvalue weighted by Gasteiger charge is 2.16. The van der Waals surface area contributed by atoms with Crippen LogP contribution in [-0.4, -0.2) is 57.1 Å². The van der Waals surface area contributed by atoms with Gasteiger partial charge < -0.3 is 21.7 Å². The topological polar surface area (TPSA) is 155 Å². The lowest BCUT2D eigenvalue weighted by molar-refractivity contribution is 0.814. The van der Waals surface area contributed by atoms with Crippen LogP contribution in [0.5, 0.6) is 0 Å². The van der Waals surface area contributed by atoms with Gasteiger partial charge in [-0.05, 0) is 31.7 Å². The van der Waals surface area contributed by atoms with Gasteiger partial charge in [-0.25, -0.2) is 0 Å². The Morgan fingerprint density at radius 3 is 2.49 bits per heavy atom. The summed E-state index contributed by atoms with van der Waals surface area (Å²) in [5.74, 6) is 2.04. The van der Waals surface area contributed by atoms with Crippen molar-refractivity contribution in [2.45, 2.75) is 26.7 Å². The molecule has 0 aromatic carbocycles. The molecule has 0 bridgehead atoms. The van der Waals surface area contributed by atoms with Crippen LogP contribution in [-0.2, 0) is 6.42 Å². The molecule has 0 spiro atoms. The average Bonchev–Trinajstić information content (AvgIpc) is 3.38. The number of hydrogen-bond acceptors (Lipinski definition) is 13. The van der Waals surface area contributed by atoms with Gasteiger partial charge in [-0.3, -0.25) is 10.4 Å². The number of allylic oxidation sites excluding steroid dienone is 3. The summed E-state index contributed by atoms with van der Waals surface area (Å²) in [5.41, 5.74) is 10.4. The zero-order chi connectivity index (χ0) is 25.0. The molecule has 0 aliphatic carbocycles. The second-order valence-electron chi connectivity index (χ2n) is 7.43. The van der Waals surface area contributed by atoms with Crippen LogP contribution in [0.3, 0.4) is 0 Å². The molecule has 0 radical (unpaired) electrons. The van der Waals surface area contributed by atoms with Gasteiger partial charge in [0.15, 0.2) is 0 Å². The fourth-order valence-corrected chi connectivity index (χ4v) is 3.65. The van der Waals surface area contributed by atoms with Gasteiger partial charge in [-0.15, -0.1) is 11.3 Å². The first-order valence-corrected chi connectivity index (χ1v) is 12.1. The summed E-state index contributed by atoms with van der Waals surface area (Å²) < 4.78 is 0. The Balaban J connectivity index is 1.81. The molecule has 12 nitrogen and oxygen atoms in total. The maximum absolute atomic E-state index is 5.91. The summed E-state index contributed by atoms with van der Waals surface area (Å²) in [6.07, 6.45) is 7.74. The maximum Gasteiger partial charge on any atom is 0.251 e. The van der Waals surface area contributed by atoms with Crippen LogP contribution < -0.4 is 32.1 Å². The third-order valence-electron chi connectivity index (χ3n) is 4.74. The quantitative estimate of drug-likeness (QED) is 0.174. The van der Waals surface area contributed by atoms with E-state index in [1.165, 1.54) is 10.5 Å². The van der Waals surface area contributed by atoms with Crippen molar-refractivity contribution < 1.29 is 0 Å². The predicted octanol–water partition coefficient (Wildman–Crippen LogP) is 3.18. The van der Waals surface area contributed by atoms with Crippen LogP contribution in [0, 0.1) is 0 Å². The second kappa shape index (κ2) is 13.0. The molecule has 3 rings (SSSR count). The smallest absolute Gasteiger partial charge is 0.251 e. The molecule has 186 valence electrons. The van der Waals surface area contributed by atoms with Crippen molar-refractivity contribution in [2.75, 3.05) is 59.3 Å². The minimum Gasteiger partial charge on any atom is -0.368 e. The van der Waals surface area contributed by atoms with Crippen molar-refractivity contribution in [1.29, 1.82) is 0 Å². The Morgan fingerprint density at radius 2 is 1.77 bits per heavy atom. The van der Waals surface area contributed by atoms with E-state index in [-0.39, 0.29) is 5.95 Å². The van der Waals surface area contributed by atoms with E-state index in [1.54, 1.807) is 30.4 Å². The van der Waals surface area contributed by atoms with Crippen LogP contribution in [0.15, 0.2) is 41.3 Å². The highest BCUT2D eigenvalue weighted by molar-refractivity contribution is 7.09. The molecule has 0 unspecified atom stereocenters. The molecule has 6 N–H and O–H groups in total. The van der Waals surface area contributed by atoms with Crippen molar-refractivity contribution >= 4 is 47.0 Å². The molecule has 0 atom stereocenters. The Kier molecular flexibility index (Phi) is 9.54. The number of hydrazine groups is 1. The fourth-order valence-electron chi connectivity index (χ4n) is 2.95. The zero-order valence-electron chi connectivity index (χ0n) is 20.4. The van der Waals surface area contributed by atoms with Gasteiger partial charge in [-0.1, -0.05) is 29.9 Å². The number of aromatic nitrogens is 6. The number of nitrogens with one attached hydrogen (secondary N) is 4. The van der Waals surface area contributed by atoms with E-state index in [9.17, 15) is 0 Å². The summed E-state index contributed by atoms with van der Waals surface area (Å²) in [7, 11) is 3.48. The van der Waals surface area contributed by atoms with E-state index in [0.29, 0.717) is 42.8 Å². The standard InChI is InChI=1S/C22H32N12S/c1-5-6-8-15(2)10-12-26-20-29-19(25-4)30-21(31-20)33-34(13-11-16-9-7-14-35-16)22-28-17(23)27-18(24-3)32-22/h5-9,14H,10-13H2,1-4H3,(H3,23,24,27,28,32)(H3,25,26,29,30,31,33)/b6-5-,15-8+. The molecule has 3 aromatic heterocycles. The largest absolute Gasteiger partial charge is 0.368 e. The minimum atomic E-state index is 0.109. The normalized spacial score (nSPS) is 11.5. The number of nitrogens with zero attached hydrogens (tertiary/aromatic N) is 7. The fraction of sp³-hybridized carbons (Fsp3) is 0.364. The van der Waals surface area contributed by atoms with Crippen molar-refractivity contribution in [3.63, 3.8) is 0 Å². The lowest BCUT2D eigenvalue weighted by atomic mass is 10.2. The molecular weight excluding hydrogens is 464 g/mol. The van der Waals surface area contributed by atoms with Crippen LogP contribution in [0.2, 0.25) is 0 Å². The third kappa shape index (κ3) is 8.07. The van der Waals surface area contributed by atoms with Gasteiger partial charge in [-0.2, -0.15) is 29.9 Å². The molecule has 35 heavy (non-hydrogen) atoms. The summed E-state index contributed by atoms with van der Waals surface area (Å²) in [4.78, 5) is 27.5. The molecule has 0 saturated carbocycles. The first kappa shape index (κ1) is 25.6. The van der Waals surface area contributed by atoms with Crippen molar-refractivity contribution in [3.8, 4) is 0 Å². The number of rotatable bonds is 13. The Labute approximate surface area is 209 Å². The lowest BCUT2D eigenvalue weighted by Gasteiger charge is -2.23. The monoisotopic (exact) mass is 496 g/mol. The Bertz CT molecular complexity index is 1130. The first-order valence-electron chi connectivity index (χ1n) is 11.2. The number of nitrogens with two attached hydrogens (primary N) is 1. The van der Waals surface area contributed by atoms with E-state index in [1.807, 2.05) is 30.5 Å². The molecule has 3 aromatic rings. The molecule has 0 fully saturated rings. The minimum absolute atomic E-state index is 0.109. The number of anilines is 6. The van der Waals surface area contributed by atoms with Crippen LogP contribution in [0.4, 0.5) is 35.7 Å². The first-order chi connectivity index (χ1) is 17.0. The second-order valence-corrected chi connectivity index (χ2v) is 8.46. The highest BCUT2D eigenvalue weighted by Crippen LogP contribution is 2.17. The number of nitrogen functional groups attached to an aromatic ring is 1. The average molecular weight is 497 g/mol. The van der Waals surface area contributed by atoms with Crippen LogP contribution >= 0.6 is 11.3 Å². The highest BCUT2D eigenvalue weighted by atomic mass is 32.1. The number of hydrogen-bond donors (Lipinski definition) is 5. The molecule has 3 heterocycles. The van der Waals surface area contributed by atoms with Crippen LogP contribution in [0.1, 0.15) is 25.1 Å². The van der Waals surface area contributed by atoms with E-state index in [4.69, 9.17) is 5.73 Å². The van der Waals surface area contributed by atoms with Crippen molar-refractivity contribution in [3.05, 3.63) is 46.2 Å². The number of thiophene rings is 1. The molecule has 0 amide bonds. The summed E-state index contributed by atoms with van der Waals surface area (Å²) >= 11 is 1.69. The van der Waals surface area contributed by atoms with Gasteiger partial charge >= 0.3 is 0 Å². The van der Waals surface area contributed by atoms with Gasteiger partial charge in [0.2, 0.25) is 29.7 Å². The Morgan fingerprint density at radius 1 is 1.03 bits per heavy atom. The predicted molar refractivity (Wildman–Crippen MR) is 144 cm³/mol. The molecular formula is C22H32N12S. The van der Waals surface area contributed by atoms with E-state index in [0.717, 1.165) is 12.8 Å². The van der Waals surface area contributed by atoms with E-state index < -0.39 is 0 Å². The van der Waals surface area contributed by atoms with Crippen molar-refractivity contribution in [1.82, 2.24) is 29.9 Å². The molecule has 0 saturated heterocycles. The molecule has 0 aliphatic rings. The summed E-state index contributed by atoms with van der Waals surface area (Å²) in [5, 5.41) is 12.9. The lowest BCUT2D eigenvalue weighted by Crippen LogP contribution is -2.35. The maximum atomic E-state index is 5.91. The van der Waals surface area contributed by atoms with Crippen molar-refractivity contribution in [2.24, 2.45) is 0 Å². The van der Waals surface area contributed by atoms with E-state index >= 15 is 0 Å². The SMILES string of the molecule is C/C=C\C=C(/C)CCNc1nc(NC)nc(NN(CCc2cccs2)c2nc(N)nc(NC)n2)n1. The Hall–Kier alpha value is -4.00. The third-order valence-corrected chi connectivity index (χ3v) is 5.67. The van der Waals surface area contributed by atoms with Gasteiger partial charge in [0, 0.05) is 38.5 Å². The van der Waals surface area contributed by atoms with E-state index in [2.05, 4.69) is 70.3 Å².